The van der Waals surface area contributed by atoms with Gasteiger partial charge in [-0.3, -0.25) is 0 Å². The average Bonchev–Trinajstić information content (AvgIpc) is 2.37. The Bertz CT molecular complexity index is 537. The highest BCUT2D eigenvalue weighted by atomic mass is 35.5. The summed E-state index contributed by atoms with van der Waals surface area (Å²) < 4.78 is 51.7. The molecule has 1 aromatic carbocycles. The fraction of sp³-hybridized carbons (Fsp3) is 0.500. The topological polar surface area (TPSA) is 37.4 Å². The summed E-state index contributed by atoms with van der Waals surface area (Å²) in [6, 6.07) is 2.21. The van der Waals surface area contributed by atoms with Crippen LogP contribution in [0.3, 0.4) is 0 Å². The number of hydrogen-bond donors (Lipinski definition) is 0. The van der Waals surface area contributed by atoms with Gasteiger partial charge in [-0.05, 0) is 31.5 Å². The molecule has 0 aliphatic heterocycles. The third kappa shape index (κ3) is 4.12. The summed E-state index contributed by atoms with van der Waals surface area (Å²) in [5.74, 6) is -1.12. The zero-order chi connectivity index (χ0) is 14.6. The van der Waals surface area contributed by atoms with Crippen LogP contribution in [-0.4, -0.2) is 31.4 Å². The maximum Gasteiger partial charge on any atom is 0.214 e. The Morgan fingerprint density at radius 1 is 1.37 bits per heavy atom. The van der Waals surface area contributed by atoms with Gasteiger partial charge in [-0.15, -0.1) is 11.6 Å². The van der Waals surface area contributed by atoms with Crippen LogP contribution in [0.2, 0.25) is 0 Å². The van der Waals surface area contributed by atoms with Crippen LogP contribution in [0.25, 0.3) is 0 Å². The fourth-order valence-electron chi connectivity index (χ4n) is 1.65. The molecule has 0 heterocycles. The normalized spacial score (nSPS) is 13.8. The van der Waals surface area contributed by atoms with Gasteiger partial charge in [0.25, 0.3) is 0 Å². The lowest BCUT2D eigenvalue weighted by Crippen LogP contribution is -2.32. The van der Waals surface area contributed by atoms with Gasteiger partial charge in [-0.25, -0.2) is 17.2 Å². The zero-order valence-electron chi connectivity index (χ0n) is 10.7. The number of nitrogens with zero attached hydrogens (tertiary/aromatic N) is 1. The first kappa shape index (κ1) is 16.3. The van der Waals surface area contributed by atoms with Gasteiger partial charge < -0.3 is 0 Å². The van der Waals surface area contributed by atoms with E-state index in [-0.39, 0.29) is 17.2 Å². The number of rotatable bonds is 6. The van der Waals surface area contributed by atoms with Gasteiger partial charge in [-0.1, -0.05) is 0 Å². The Labute approximate surface area is 117 Å². The molecule has 19 heavy (non-hydrogen) atoms. The Morgan fingerprint density at radius 2 is 2.00 bits per heavy atom. The smallest absolute Gasteiger partial charge is 0.212 e. The molecular formula is C12H16ClF2NO2S. The second-order valence-corrected chi connectivity index (χ2v) is 6.74. The molecule has 7 heteroatoms. The Hall–Kier alpha value is -0.720. The van der Waals surface area contributed by atoms with E-state index >= 15 is 0 Å². The minimum atomic E-state index is -3.54. The molecule has 1 rings (SSSR count). The quantitative estimate of drug-likeness (QED) is 0.758. The molecule has 0 aromatic heterocycles. The van der Waals surface area contributed by atoms with E-state index in [0.717, 1.165) is 22.5 Å². The van der Waals surface area contributed by atoms with Gasteiger partial charge in [0.15, 0.2) is 0 Å². The van der Waals surface area contributed by atoms with E-state index in [4.69, 9.17) is 11.6 Å². The molecular weight excluding hydrogens is 296 g/mol. The summed E-state index contributed by atoms with van der Waals surface area (Å²) >= 11 is 5.46. The summed E-state index contributed by atoms with van der Waals surface area (Å²) in [5, 5.41) is 0. The molecule has 0 aliphatic carbocycles. The number of sulfonamides is 1. The van der Waals surface area contributed by atoms with E-state index < -0.39 is 27.7 Å². The van der Waals surface area contributed by atoms with Crippen molar-refractivity contribution in [2.75, 3.05) is 18.7 Å². The Balaban J connectivity index is 2.99. The number of alkyl halides is 1. The molecule has 0 radical (unpaired) electrons. The van der Waals surface area contributed by atoms with Gasteiger partial charge in [0.1, 0.15) is 11.6 Å². The molecule has 108 valence electrons. The SMILES string of the molecule is CC(c1cc(F)ccc1F)N(C)S(=O)(=O)CCCCl. The lowest BCUT2D eigenvalue weighted by Gasteiger charge is -2.25. The first-order valence-electron chi connectivity index (χ1n) is 5.76. The van der Waals surface area contributed by atoms with Crippen molar-refractivity contribution >= 4 is 21.6 Å². The zero-order valence-corrected chi connectivity index (χ0v) is 12.3. The first-order chi connectivity index (χ1) is 8.79. The monoisotopic (exact) mass is 311 g/mol. The highest BCUT2D eigenvalue weighted by Crippen LogP contribution is 2.25. The standard InChI is InChI=1S/C12H16ClF2NO2S/c1-9(11-8-10(14)4-5-12(11)15)16(2)19(17,18)7-3-6-13/h4-5,8-9H,3,6-7H2,1-2H3. The van der Waals surface area contributed by atoms with E-state index in [2.05, 4.69) is 0 Å². The Kier molecular flexibility index (Phi) is 5.70. The molecule has 0 amide bonds. The maximum atomic E-state index is 13.6. The van der Waals surface area contributed by atoms with Crippen molar-refractivity contribution in [3.05, 3.63) is 35.4 Å². The molecule has 0 fully saturated rings. The molecule has 0 spiro atoms. The van der Waals surface area contributed by atoms with Crippen LogP contribution in [0.15, 0.2) is 18.2 Å². The van der Waals surface area contributed by atoms with Crippen molar-refractivity contribution in [1.82, 2.24) is 4.31 Å². The van der Waals surface area contributed by atoms with E-state index in [9.17, 15) is 17.2 Å². The van der Waals surface area contributed by atoms with Gasteiger partial charge in [0.05, 0.1) is 5.75 Å². The molecule has 1 aromatic rings. The first-order valence-corrected chi connectivity index (χ1v) is 7.90. The van der Waals surface area contributed by atoms with E-state index in [1.807, 2.05) is 0 Å². The van der Waals surface area contributed by atoms with E-state index in [1.165, 1.54) is 14.0 Å². The second-order valence-electron chi connectivity index (χ2n) is 4.22. The molecule has 0 saturated heterocycles. The van der Waals surface area contributed by atoms with Crippen LogP contribution in [0, 0.1) is 11.6 Å². The van der Waals surface area contributed by atoms with Gasteiger partial charge in [-0.2, -0.15) is 4.31 Å². The molecule has 3 nitrogen and oxygen atoms in total. The Morgan fingerprint density at radius 3 is 2.58 bits per heavy atom. The van der Waals surface area contributed by atoms with Crippen LogP contribution in [0.1, 0.15) is 24.9 Å². The summed E-state index contributed by atoms with van der Waals surface area (Å²) in [6.45, 7) is 1.51. The van der Waals surface area contributed by atoms with Gasteiger partial charge >= 0.3 is 0 Å². The van der Waals surface area contributed by atoms with Crippen LogP contribution >= 0.6 is 11.6 Å². The molecule has 0 saturated carbocycles. The van der Waals surface area contributed by atoms with Crippen LogP contribution in [-0.2, 0) is 10.0 Å². The summed E-state index contributed by atoms with van der Waals surface area (Å²) in [7, 11) is -2.19. The molecule has 1 atom stereocenters. The van der Waals surface area contributed by atoms with Gasteiger partial charge in [0.2, 0.25) is 10.0 Å². The third-order valence-corrected chi connectivity index (χ3v) is 5.19. The van der Waals surface area contributed by atoms with Crippen LogP contribution in [0.5, 0.6) is 0 Å². The molecule has 1 unspecified atom stereocenters. The van der Waals surface area contributed by atoms with Crippen molar-refractivity contribution in [2.24, 2.45) is 0 Å². The second kappa shape index (κ2) is 6.63. The van der Waals surface area contributed by atoms with Crippen LogP contribution < -0.4 is 0 Å². The third-order valence-electron chi connectivity index (χ3n) is 2.93. The van der Waals surface area contributed by atoms with Crippen molar-refractivity contribution in [3.63, 3.8) is 0 Å². The summed E-state index contributed by atoms with van der Waals surface area (Å²) in [4.78, 5) is 0. The fourth-order valence-corrected chi connectivity index (χ4v) is 3.34. The molecule has 0 bridgehead atoms. The lowest BCUT2D eigenvalue weighted by atomic mass is 10.1. The van der Waals surface area contributed by atoms with E-state index in [1.54, 1.807) is 0 Å². The lowest BCUT2D eigenvalue weighted by molar-refractivity contribution is 0.385. The number of halogens is 3. The maximum absolute atomic E-state index is 13.6. The van der Waals surface area contributed by atoms with Gasteiger partial charge in [0, 0.05) is 24.5 Å². The number of benzene rings is 1. The summed E-state index contributed by atoms with van der Waals surface area (Å²) in [6.07, 6.45) is 0.312. The molecule has 0 aliphatic rings. The minimum Gasteiger partial charge on any atom is -0.212 e. The largest absolute Gasteiger partial charge is 0.214 e. The molecule has 0 N–H and O–H groups in total. The predicted molar refractivity (Wildman–Crippen MR) is 71.7 cm³/mol. The highest BCUT2D eigenvalue weighted by molar-refractivity contribution is 7.89. The average molecular weight is 312 g/mol. The van der Waals surface area contributed by atoms with Crippen LogP contribution in [0.4, 0.5) is 8.78 Å². The summed E-state index contributed by atoms with van der Waals surface area (Å²) in [5.41, 5.74) is 0.0111. The minimum absolute atomic E-state index is 0.0111. The van der Waals surface area contributed by atoms with E-state index in [0.29, 0.717) is 6.42 Å². The van der Waals surface area contributed by atoms with Crippen molar-refractivity contribution in [3.8, 4) is 0 Å². The number of hydrogen-bond acceptors (Lipinski definition) is 2. The predicted octanol–water partition coefficient (Wildman–Crippen LogP) is 2.92. The highest BCUT2D eigenvalue weighted by Gasteiger charge is 2.25. The van der Waals surface area contributed by atoms with Crippen molar-refractivity contribution in [2.45, 2.75) is 19.4 Å². The van der Waals surface area contributed by atoms with Crippen molar-refractivity contribution in [1.29, 1.82) is 0 Å². The van der Waals surface area contributed by atoms with Crippen molar-refractivity contribution < 1.29 is 17.2 Å².